The van der Waals surface area contributed by atoms with Crippen LogP contribution >= 0.6 is 0 Å². The number of hydrogen-bond donors (Lipinski definition) is 3. The van der Waals surface area contributed by atoms with Crippen LogP contribution in [0.15, 0.2) is 71.3 Å². The Morgan fingerprint density at radius 1 is 0.966 bits per heavy atom. The molecule has 0 spiro atoms. The fourth-order valence-electron chi connectivity index (χ4n) is 3.32. The van der Waals surface area contributed by atoms with E-state index in [1.165, 1.54) is 0 Å². The third-order valence-electron chi connectivity index (χ3n) is 4.72. The molecular weight excluding hydrogens is 370 g/mol. The van der Waals surface area contributed by atoms with E-state index in [2.05, 4.69) is 0 Å². The van der Waals surface area contributed by atoms with Crippen molar-refractivity contribution in [3.63, 3.8) is 0 Å². The Morgan fingerprint density at radius 3 is 2.45 bits per heavy atom. The molecule has 2 atom stereocenters. The minimum Gasteiger partial charge on any atom is -0.507 e. The SMILES string of the molecule is COc1ccccc1COC[C@@H](O)C[NH+](Cc1ccco1)Cc1ccccc1O. The molecule has 0 bridgehead atoms. The lowest BCUT2D eigenvalue weighted by Gasteiger charge is -2.22. The highest BCUT2D eigenvalue weighted by atomic mass is 16.5. The van der Waals surface area contributed by atoms with E-state index in [9.17, 15) is 10.2 Å². The number of ether oxygens (including phenoxy) is 2. The lowest BCUT2D eigenvalue weighted by atomic mass is 10.1. The average Bonchev–Trinajstić information content (AvgIpc) is 3.23. The number of para-hydroxylation sites is 2. The fourth-order valence-corrected chi connectivity index (χ4v) is 3.32. The standard InChI is InChI=1S/C23H27NO5/c1-27-23-11-5-3-8-19(23)16-28-17-20(25)14-24(15-21-9-6-12-29-21)13-18-7-2-4-10-22(18)26/h2-12,20,25-26H,13-17H2,1H3/p+1/t20-/m0/s1. The molecule has 6 heteroatoms. The van der Waals surface area contributed by atoms with E-state index in [0.717, 1.165) is 27.5 Å². The number of benzene rings is 2. The summed E-state index contributed by atoms with van der Waals surface area (Å²) in [6, 6.07) is 18.7. The first-order valence-electron chi connectivity index (χ1n) is 9.66. The van der Waals surface area contributed by atoms with Crippen LogP contribution in [0.3, 0.4) is 0 Å². The van der Waals surface area contributed by atoms with Crippen LogP contribution in [0.4, 0.5) is 0 Å². The van der Waals surface area contributed by atoms with Gasteiger partial charge in [-0.3, -0.25) is 0 Å². The first-order valence-corrected chi connectivity index (χ1v) is 9.66. The molecule has 3 rings (SSSR count). The van der Waals surface area contributed by atoms with Crippen LogP contribution in [0.1, 0.15) is 16.9 Å². The molecule has 3 N–H and O–H groups in total. The molecule has 1 heterocycles. The van der Waals surface area contributed by atoms with E-state index in [1.54, 1.807) is 25.5 Å². The maximum Gasteiger partial charge on any atom is 0.157 e. The van der Waals surface area contributed by atoms with Gasteiger partial charge in [0.2, 0.25) is 0 Å². The molecule has 0 aliphatic carbocycles. The van der Waals surface area contributed by atoms with Crippen LogP contribution < -0.4 is 9.64 Å². The van der Waals surface area contributed by atoms with Gasteiger partial charge in [0.15, 0.2) is 5.76 Å². The van der Waals surface area contributed by atoms with E-state index in [0.29, 0.717) is 26.2 Å². The minimum atomic E-state index is -0.652. The Kier molecular flexibility index (Phi) is 7.69. The number of aliphatic hydroxyl groups is 1. The van der Waals surface area contributed by atoms with Crippen LogP contribution in [0, 0.1) is 0 Å². The molecule has 0 aliphatic heterocycles. The highest BCUT2D eigenvalue weighted by Gasteiger charge is 2.19. The van der Waals surface area contributed by atoms with E-state index in [1.807, 2.05) is 48.5 Å². The predicted octanol–water partition coefficient (Wildman–Crippen LogP) is 2.16. The van der Waals surface area contributed by atoms with Crippen molar-refractivity contribution in [3.8, 4) is 11.5 Å². The summed E-state index contributed by atoms with van der Waals surface area (Å²) in [5.41, 5.74) is 1.77. The zero-order chi connectivity index (χ0) is 20.5. The smallest absolute Gasteiger partial charge is 0.157 e. The summed E-state index contributed by atoms with van der Waals surface area (Å²) in [4.78, 5) is 1.06. The number of phenols is 1. The van der Waals surface area contributed by atoms with Crippen LogP contribution in [-0.4, -0.2) is 36.6 Å². The number of quaternary nitrogens is 1. The molecule has 0 radical (unpaired) electrons. The van der Waals surface area contributed by atoms with Gasteiger partial charge in [-0.2, -0.15) is 0 Å². The van der Waals surface area contributed by atoms with Crippen molar-refractivity contribution in [1.82, 2.24) is 0 Å². The summed E-state index contributed by atoms with van der Waals surface area (Å²) >= 11 is 0. The van der Waals surface area contributed by atoms with Crippen LogP contribution in [0.2, 0.25) is 0 Å². The van der Waals surface area contributed by atoms with Crippen molar-refractivity contribution in [1.29, 1.82) is 0 Å². The van der Waals surface area contributed by atoms with E-state index in [4.69, 9.17) is 13.9 Å². The third kappa shape index (κ3) is 6.35. The maximum absolute atomic E-state index is 10.5. The second kappa shape index (κ2) is 10.7. The Morgan fingerprint density at radius 2 is 1.72 bits per heavy atom. The summed E-state index contributed by atoms with van der Waals surface area (Å²) in [5.74, 6) is 1.86. The van der Waals surface area contributed by atoms with Crippen LogP contribution in [0.25, 0.3) is 0 Å². The molecule has 0 saturated carbocycles. The minimum absolute atomic E-state index is 0.209. The van der Waals surface area contributed by atoms with Crippen molar-refractivity contribution < 1.29 is 29.0 Å². The number of nitrogens with one attached hydrogen (secondary N) is 1. The fraction of sp³-hybridized carbons (Fsp3) is 0.304. The first kappa shape index (κ1) is 20.9. The van der Waals surface area contributed by atoms with Gasteiger partial charge in [-0.25, -0.2) is 0 Å². The van der Waals surface area contributed by atoms with Gasteiger partial charge >= 0.3 is 0 Å². The summed E-state index contributed by atoms with van der Waals surface area (Å²) in [7, 11) is 1.63. The van der Waals surface area contributed by atoms with Crippen molar-refractivity contribution in [3.05, 3.63) is 83.8 Å². The summed E-state index contributed by atoms with van der Waals surface area (Å²) in [5, 5.41) is 20.6. The maximum atomic E-state index is 10.5. The average molecular weight is 398 g/mol. The molecule has 1 unspecified atom stereocenters. The van der Waals surface area contributed by atoms with Crippen molar-refractivity contribution in [2.75, 3.05) is 20.3 Å². The second-order valence-corrected chi connectivity index (χ2v) is 7.00. The Hall–Kier alpha value is -2.80. The monoisotopic (exact) mass is 398 g/mol. The third-order valence-corrected chi connectivity index (χ3v) is 4.72. The summed E-state index contributed by atoms with van der Waals surface area (Å²) in [6.45, 7) is 2.21. The summed E-state index contributed by atoms with van der Waals surface area (Å²) in [6.07, 6.45) is 0.986. The van der Waals surface area contributed by atoms with Gasteiger partial charge in [-0.15, -0.1) is 0 Å². The Bertz CT molecular complexity index is 865. The van der Waals surface area contributed by atoms with Gasteiger partial charge in [0.25, 0.3) is 0 Å². The molecule has 3 aromatic rings. The number of hydrogen-bond acceptors (Lipinski definition) is 5. The van der Waals surface area contributed by atoms with Gasteiger partial charge in [0.1, 0.15) is 37.2 Å². The lowest BCUT2D eigenvalue weighted by molar-refractivity contribution is -0.931. The van der Waals surface area contributed by atoms with Crippen LogP contribution in [0.5, 0.6) is 11.5 Å². The van der Waals surface area contributed by atoms with Gasteiger partial charge < -0.3 is 29.0 Å². The van der Waals surface area contributed by atoms with E-state index < -0.39 is 6.10 Å². The zero-order valence-electron chi connectivity index (χ0n) is 16.6. The zero-order valence-corrected chi connectivity index (χ0v) is 16.6. The number of aliphatic hydroxyl groups excluding tert-OH is 1. The number of aromatic hydroxyl groups is 1. The van der Waals surface area contributed by atoms with Gasteiger partial charge in [0, 0.05) is 11.1 Å². The Balaban J connectivity index is 1.57. The molecule has 0 saturated heterocycles. The molecule has 6 nitrogen and oxygen atoms in total. The highest BCUT2D eigenvalue weighted by molar-refractivity contribution is 5.32. The van der Waals surface area contributed by atoms with E-state index in [-0.39, 0.29) is 12.4 Å². The molecule has 0 aliphatic rings. The topological polar surface area (TPSA) is 76.5 Å². The number of methoxy groups -OCH3 is 1. The van der Waals surface area contributed by atoms with Gasteiger partial charge in [-0.1, -0.05) is 30.3 Å². The van der Waals surface area contributed by atoms with Crippen molar-refractivity contribution in [2.24, 2.45) is 0 Å². The molecular formula is C23H28NO5+. The van der Waals surface area contributed by atoms with Crippen LogP contribution in [-0.2, 0) is 24.4 Å². The molecule has 0 fully saturated rings. The highest BCUT2D eigenvalue weighted by Crippen LogP contribution is 2.18. The van der Waals surface area contributed by atoms with Crippen molar-refractivity contribution >= 4 is 0 Å². The first-order chi connectivity index (χ1) is 14.2. The largest absolute Gasteiger partial charge is 0.507 e. The quantitative estimate of drug-likeness (QED) is 0.462. The molecule has 29 heavy (non-hydrogen) atoms. The summed E-state index contributed by atoms with van der Waals surface area (Å²) < 4.78 is 16.5. The Labute approximate surface area is 170 Å². The molecule has 2 aromatic carbocycles. The second-order valence-electron chi connectivity index (χ2n) is 7.00. The van der Waals surface area contributed by atoms with Crippen molar-refractivity contribution in [2.45, 2.75) is 25.8 Å². The molecule has 0 amide bonds. The predicted molar refractivity (Wildman–Crippen MR) is 109 cm³/mol. The van der Waals surface area contributed by atoms with Gasteiger partial charge in [0.05, 0.1) is 26.6 Å². The molecule has 154 valence electrons. The number of phenolic OH excluding ortho intramolecular Hbond substituents is 1. The number of furan rings is 1. The lowest BCUT2D eigenvalue weighted by Crippen LogP contribution is -3.10. The van der Waals surface area contributed by atoms with E-state index >= 15 is 0 Å². The molecule has 1 aromatic heterocycles. The number of rotatable bonds is 11. The normalized spacial score (nSPS) is 13.2. The van der Waals surface area contributed by atoms with Gasteiger partial charge in [-0.05, 0) is 30.3 Å².